The van der Waals surface area contributed by atoms with Gasteiger partial charge in [0.25, 0.3) is 11.8 Å². The standard InChI is InChI=1S/C18H24N4O2/c1-13-8-6-7-11-15(13)21(2)18(24)17-19-12-16(23)22(20-17)14-9-4-3-5-10-14/h3-5,9-10,13,15H,6-8,11-12H2,1-2H3,(H,19,20)/t13-,15-/m0/s1. The number of amides is 2. The van der Waals surface area contributed by atoms with Gasteiger partial charge in [0.15, 0.2) is 0 Å². The fourth-order valence-corrected chi connectivity index (χ4v) is 3.51. The molecule has 0 unspecified atom stereocenters. The van der Waals surface area contributed by atoms with Crippen molar-refractivity contribution in [2.75, 3.05) is 18.6 Å². The smallest absolute Gasteiger partial charge is 0.290 e. The number of hydrogen-bond donors (Lipinski definition) is 1. The van der Waals surface area contributed by atoms with E-state index in [0.717, 1.165) is 19.3 Å². The van der Waals surface area contributed by atoms with Crippen LogP contribution >= 0.6 is 0 Å². The molecule has 0 saturated heterocycles. The molecule has 1 aliphatic heterocycles. The first kappa shape index (κ1) is 16.5. The first-order valence-electron chi connectivity index (χ1n) is 8.54. The van der Waals surface area contributed by atoms with Gasteiger partial charge in [0.1, 0.15) is 6.54 Å². The summed E-state index contributed by atoms with van der Waals surface area (Å²) in [7, 11) is 1.84. The quantitative estimate of drug-likeness (QED) is 0.922. The molecule has 128 valence electrons. The normalized spacial score (nSPS) is 24.2. The maximum Gasteiger partial charge on any atom is 0.290 e. The Morgan fingerprint density at radius 1 is 1.25 bits per heavy atom. The minimum absolute atomic E-state index is 0.0168. The third kappa shape index (κ3) is 3.27. The molecule has 1 N–H and O–H groups in total. The van der Waals surface area contributed by atoms with Gasteiger partial charge < -0.3 is 4.90 Å². The Kier molecular flexibility index (Phi) is 4.83. The minimum Gasteiger partial charge on any atom is -0.336 e. The molecule has 6 heteroatoms. The lowest BCUT2D eigenvalue weighted by Crippen LogP contribution is -2.57. The van der Waals surface area contributed by atoms with Crippen LogP contribution in [-0.2, 0) is 9.59 Å². The molecule has 2 amide bonds. The number of hydrogen-bond acceptors (Lipinski definition) is 4. The lowest BCUT2D eigenvalue weighted by molar-refractivity contribution is -0.126. The summed E-state index contributed by atoms with van der Waals surface area (Å²) in [6.45, 7) is 2.18. The number of aliphatic imine (C=N–C) groups is 1. The van der Waals surface area contributed by atoms with Gasteiger partial charge in [-0.2, -0.15) is 0 Å². The molecule has 1 aromatic rings. The highest BCUT2D eigenvalue weighted by Crippen LogP contribution is 2.27. The van der Waals surface area contributed by atoms with Crippen molar-refractivity contribution >= 4 is 23.3 Å². The van der Waals surface area contributed by atoms with Crippen molar-refractivity contribution < 1.29 is 9.59 Å². The molecule has 0 bridgehead atoms. The number of nitrogens with zero attached hydrogens (tertiary/aromatic N) is 3. The molecule has 0 radical (unpaired) electrons. The molecule has 1 fully saturated rings. The van der Waals surface area contributed by atoms with Crippen LogP contribution in [0.2, 0.25) is 0 Å². The first-order valence-corrected chi connectivity index (χ1v) is 8.54. The first-order chi connectivity index (χ1) is 11.6. The largest absolute Gasteiger partial charge is 0.336 e. The van der Waals surface area contributed by atoms with Crippen LogP contribution < -0.4 is 10.4 Å². The van der Waals surface area contributed by atoms with E-state index < -0.39 is 0 Å². The van der Waals surface area contributed by atoms with E-state index in [4.69, 9.17) is 0 Å². The van der Waals surface area contributed by atoms with Crippen LogP contribution in [0.5, 0.6) is 0 Å². The highest BCUT2D eigenvalue weighted by atomic mass is 16.2. The Bertz CT molecular complexity index is 644. The Balaban J connectivity index is 1.74. The second-order valence-electron chi connectivity index (χ2n) is 6.59. The monoisotopic (exact) mass is 328 g/mol. The molecule has 0 spiro atoms. The van der Waals surface area contributed by atoms with Crippen molar-refractivity contribution in [3.63, 3.8) is 0 Å². The molecule has 1 heterocycles. The van der Waals surface area contributed by atoms with Gasteiger partial charge in [-0.3, -0.25) is 20.0 Å². The molecule has 1 aliphatic carbocycles. The molecule has 2 aliphatic rings. The lowest BCUT2D eigenvalue weighted by Gasteiger charge is -2.37. The Morgan fingerprint density at radius 2 is 1.96 bits per heavy atom. The number of carbonyl (C=O) groups excluding carboxylic acids is 2. The maximum atomic E-state index is 12.8. The number of rotatable bonds is 3. The molecule has 6 nitrogen and oxygen atoms in total. The topological polar surface area (TPSA) is 65.0 Å². The number of para-hydroxylation sites is 1. The summed E-state index contributed by atoms with van der Waals surface area (Å²) >= 11 is 0. The number of hydrazine groups is 1. The van der Waals surface area contributed by atoms with E-state index >= 15 is 0 Å². The zero-order valence-electron chi connectivity index (χ0n) is 14.2. The summed E-state index contributed by atoms with van der Waals surface area (Å²) in [5, 5.41) is 1.40. The number of amidine groups is 1. The summed E-state index contributed by atoms with van der Waals surface area (Å²) in [4.78, 5) is 30.9. The molecule has 24 heavy (non-hydrogen) atoms. The fraction of sp³-hybridized carbons (Fsp3) is 0.500. The Labute approximate surface area is 142 Å². The zero-order valence-corrected chi connectivity index (χ0v) is 14.2. The van der Waals surface area contributed by atoms with Gasteiger partial charge in [0, 0.05) is 13.1 Å². The van der Waals surface area contributed by atoms with Crippen molar-refractivity contribution in [1.82, 2.24) is 10.3 Å². The molecular formula is C18H24N4O2. The van der Waals surface area contributed by atoms with Crippen molar-refractivity contribution in [2.24, 2.45) is 10.9 Å². The molecule has 2 atom stereocenters. The number of likely N-dealkylation sites (N-methyl/N-ethyl adjacent to an activating group) is 1. The van der Waals surface area contributed by atoms with E-state index in [1.165, 1.54) is 11.4 Å². The number of carbonyl (C=O) groups is 2. The van der Waals surface area contributed by atoms with E-state index in [1.807, 2.05) is 37.4 Å². The van der Waals surface area contributed by atoms with Crippen LogP contribution in [0.15, 0.2) is 35.3 Å². The van der Waals surface area contributed by atoms with E-state index in [0.29, 0.717) is 11.6 Å². The summed E-state index contributed by atoms with van der Waals surface area (Å²) in [6, 6.07) is 9.48. The highest BCUT2D eigenvalue weighted by molar-refractivity contribution is 6.39. The van der Waals surface area contributed by atoms with Gasteiger partial charge in [-0.05, 0) is 30.9 Å². The summed E-state index contributed by atoms with van der Waals surface area (Å²) in [6.07, 6.45) is 4.56. The van der Waals surface area contributed by atoms with Crippen molar-refractivity contribution in [2.45, 2.75) is 38.6 Å². The van der Waals surface area contributed by atoms with Crippen LogP contribution in [0.1, 0.15) is 32.6 Å². The third-order valence-corrected chi connectivity index (χ3v) is 4.94. The SMILES string of the molecule is C[C@H]1CCCC[C@@H]1N(C)C(=O)C1=NCC(=O)N(c2ccccc2)N1. The average molecular weight is 328 g/mol. The lowest BCUT2D eigenvalue weighted by atomic mass is 9.85. The predicted molar refractivity (Wildman–Crippen MR) is 93.6 cm³/mol. The van der Waals surface area contributed by atoms with Crippen molar-refractivity contribution in [3.05, 3.63) is 30.3 Å². The molecule has 1 aromatic carbocycles. The third-order valence-electron chi connectivity index (χ3n) is 4.94. The summed E-state index contributed by atoms with van der Waals surface area (Å²) in [5.41, 5.74) is 3.60. The molecule has 1 saturated carbocycles. The van der Waals surface area contributed by atoms with E-state index in [9.17, 15) is 9.59 Å². The maximum absolute atomic E-state index is 12.8. The predicted octanol–water partition coefficient (Wildman–Crippen LogP) is 1.97. The van der Waals surface area contributed by atoms with Crippen LogP contribution in [0.25, 0.3) is 0 Å². The Hall–Kier alpha value is -2.37. The fourth-order valence-electron chi connectivity index (χ4n) is 3.51. The second-order valence-corrected chi connectivity index (χ2v) is 6.59. The van der Waals surface area contributed by atoms with Gasteiger partial charge in [0.2, 0.25) is 5.84 Å². The van der Waals surface area contributed by atoms with Crippen LogP contribution in [0, 0.1) is 5.92 Å². The van der Waals surface area contributed by atoms with Crippen molar-refractivity contribution in [3.8, 4) is 0 Å². The summed E-state index contributed by atoms with van der Waals surface area (Å²) < 4.78 is 0. The van der Waals surface area contributed by atoms with E-state index in [1.54, 1.807) is 4.90 Å². The number of benzene rings is 1. The number of anilines is 1. The molecule has 3 rings (SSSR count). The Morgan fingerprint density at radius 3 is 2.67 bits per heavy atom. The van der Waals surface area contributed by atoms with Crippen LogP contribution in [0.3, 0.4) is 0 Å². The minimum atomic E-state index is -0.175. The summed E-state index contributed by atoms with van der Waals surface area (Å²) in [5.74, 6) is 0.399. The molecule has 0 aromatic heterocycles. The van der Waals surface area contributed by atoms with Crippen LogP contribution in [0.4, 0.5) is 5.69 Å². The van der Waals surface area contributed by atoms with E-state index in [2.05, 4.69) is 17.3 Å². The zero-order chi connectivity index (χ0) is 17.1. The highest BCUT2D eigenvalue weighted by Gasteiger charge is 2.32. The van der Waals surface area contributed by atoms with Gasteiger partial charge in [-0.1, -0.05) is 38.0 Å². The van der Waals surface area contributed by atoms with Gasteiger partial charge in [-0.15, -0.1) is 0 Å². The number of nitrogens with one attached hydrogen (secondary N) is 1. The van der Waals surface area contributed by atoms with Gasteiger partial charge >= 0.3 is 0 Å². The van der Waals surface area contributed by atoms with Gasteiger partial charge in [-0.25, -0.2) is 5.01 Å². The van der Waals surface area contributed by atoms with Gasteiger partial charge in [0.05, 0.1) is 5.69 Å². The van der Waals surface area contributed by atoms with E-state index in [-0.39, 0.29) is 30.2 Å². The average Bonchev–Trinajstić information content (AvgIpc) is 2.62. The second kappa shape index (κ2) is 7.03. The van der Waals surface area contributed by atoms with Crippen molar-refractivity contribution in [1.29, 1.82) is 0 Å². The molecular weight excluding hydrogens is 304 g/mol. The van der Waals surface area contributed by atoms with Crippen LogP contribution in [-0.4, -0.2) is 42.2 Å².